The van der Waals surface area contributed by atoms with Gasteiger partial charge in [-0.25, -0.2) is 0 Å². The first-order valence-electron chi connectivity index (χ1n) is 21.7. The van der Waals surface area contributed by atoms with E-state index >= 15 is 0 Å². The molecule has 62 heavy (non-hydrogen) atoms. The molecule has 4 aliphatic rings. The third kappa shape index (κ3) is 8.94. The predicted octanol–water partition coefficient (Wildman–Crippen LogP) is 7.87. The lowest BCUT2D eigenvalue weighted by molar-refractivity contribution is 0.392. The summed E-state index contributed by atoms with van der Waals surface area (Å²) >= 11 is 0. The van der Waals surface area contributed by atoms with Crippen molar-refractivity contribution in [2.24, 2.45) is 11.5 Å². The highest BCUT2D eigenvalue weighted by Gasteiger charge is 2.43. The third-order valence-electron chi connectivity index (χ3n) is 12.8. The van der Waals surface area contributed by atoms with Gasteiger partial charge >= 0.3 is 0 Å². The second-order valence-electron chi connectivity index (χ2n) is 17.5. The Labute approximate surface area is 363 Å². The van der Waals surface area contributed by atoms with E-state index in [9.17, 15) is 0 Å². The molecule has 0 radical (unpaired) electrons. The van der Waals surface area contributed by atoms with E-state index in [1.165, 1.54) is 22.3 Å². The monoisotopic (exact) mass is 830 g/mol. The Bertz CT molecular complexity index is 2420. The summed E-state index contributed by atoms with van der Waals surface area (Å²) in [5.41, 5.74) is 36.8. The van der Waals surface area contributed by atoms with Gasteiger partial charge in [-0.15, -0.1) is 0 Å². The Hall–Kier alpha value is -5.72. The first-order chi connectivity index (χ1) is 30.1. The van der Waals surface area contributed by atoms with Crippen LogP contribution in [-0.2, 0) is 62.1 Å². The number of benzene rings is 6. The summed E-state index contributed by atoms with van der Waals surface area (Å²) in [6.45, 7) is 5.21. The summed E-state index contributed by atoms with van der Waals surface area (Å²) in [6, 6.07) is 41.8. The second-order valence-corrected chi connectivity index (χ2v) is 17.5. The molecule has 6 aromatic carbocycles. The predicted molar refractivity (Wildman–Crippen MR) is 241 cm³/mol. The SMILES string of the molecule is CC(Cc1c(CC2CO2)c(CC2CO2)c(CC2CO2)c(CC2CO2)c1C(N)(N)c1ccccc1)(c1ccc(Oc2ccc(N)cc2)cc1)c1ccc(Oc2ccc(N)cc2)cc1. The molecule has 10 heteroatoms. The van der Waals surface area contributed by atoms with Crippen molar-refractivity contribution in [1.29, 1.82) is 0 Å². The second kappa shape index (κ2) is 16.5. The number of nitrogen functional groups attached to an aromatic ring is 2. The normalized spacial score (nSPS) is 20.1. The number of epoxide rings is 4. The number of anilines is 2. The zero-order valence-electron chi connectivity index (χ0n) is 35.1. The molecular formula is C52H54N4O6. The summed E-state index contributed by atoms with van der Waals surface area (Å²) in [7, 11) is 0. The van der Waals surface area contributed by atoms with E-state index in [2.05, 4.69) is 31.2 Å². The lowest BCUT2D eigenvalue weighted by Gasteiger charge is -2.39. The molecule has 0 amide bonds. The minimum absolute atomic E-state index is 0.0864. The van der Waals surface area contributed by atoms with Crippen molar-refractivity contribution in [2.45, 2.75) is 74.5 Å². The fourth-order valence-corrected chi connectivity index (χ4v) is 9.05. The van der Waals surface area contributed by atoms with Crippen molar-refractivity contribution in [2.75, 3.05) is 37.9 Å². The summed E-state index contributed by atoms with van der Waals surface area (Å²) in [5.74, 6) is 2.86. The zero-order chi connectivity index (χ0) is 42.4. The Balaban J connectivity index is 1.16. The van der Waals surface area contributed by atoms with Crippen molar-refractivity contribution in [3.63, 3.8) is 0 Å². The molecule has 0 aromatic heterocycles. The van der Waals surface area contributed by atoms with E-state index in [0.29, 0.717) is 48.9 Å². The highest BCUT2D eigenvalue weighted by molar-refractivity contribution is 5.60. The summed E-state index contributed by atoms with van der Waals surface area (Å²) < 4.78 is 36.6. The van der Waals surface area contributed by atoms with Gasteiger partial charge in [0.2, 0.25) is 0 Å². The topological polar surface area (TPSA) is 173 Å². The molecule has 4 heterocycles. The van der Waals surface area contributed by atoms with Crippen LogP contribution in [0.3, 0.4) is 0 Å². The van der Waals surface area contributed by atoms with Crippen molar-refractivity contribution in [1.82, 2.24) is 0 Å². The van der Waals surface area contributed by atoms with Gasteiger partial charge in [0.1, 0.15) is 28.7 Å². The van der Waals surface area contributed by atoms with Gasteiger partial charge in [0.05, 0.1) is 50.8 Å². The molecule has 0 bridgehead atoms. The van der Waals surface area contributed by atoms with Crippen LogP contribution in [0.1, 0.15) is 57.0 Å². The maximum atomic E-state index is 7.65. The molecule has 10 nitrogen and oxygen atoms in total. The van der Waals surface area contributed by atoms with Crippen molar-refractivity contribution < 1.29 is 28.4 Å². The van der Waals surface area contributed by atoms with E-state index in [1.54, 1.807) is 0 Å². The Morgan fingerprint density at radius 2 is 0.790 bits per heavy atom. The van der Waals surface area contributed by atoms with Crippen LogP contribution in [-0.4, -0.2) is 50.8 Å². The quantitative estimate of drug-likeness (QED) is 0.0380. The summed E-state index contributed by atoms with van der Waals surface area (Å²) in [4.78, 5) is 0. The number of hydrogen-bond acceptors (Lipinski definition) is 10. The molecule has 4 unspecified atom stereocenters. The van der Waals surface area contributed by atoms with E-state index in [4.69, 9.17) is 51.4 Å². The van der Waals surface area contributed by atoms with Gasteiger partial charge in [-0.2, -0.15) is 0 Å². The minimum Gasteiger partial charge on any atom is -0.457 e. The molecule has 4 aliphatic heterocycles. The fraction of sp³-hybridized carbons (Fsp3) is 0.308. The van der Waals surface area contributed by atoms with Crippen molar-refractivity contribution in [3.8, 4) is 23.0 Å². The van der Waals surface area contributed by atoms with Gasteiger partial charge in [0.25, 0.3) is 0 Å². The minimum atomic E-state index is -1.35. The Kier molecular flexibility index (Phi) is 10.8. The first-order valence-corrected chi connectivity index (χ1v) is 21.7. The van der Waals surface area contributed by atoms with Crippen LogP contribution in [0.5, 0.6) is 23.0 Å². The molecule has 8 N–H and O–H groups in total. The summed E-state index contributed by atoms with van der Waals surface area (Å²) in [6.07, 6.45) is 4.10. The number of nitrogens with two attached hydrogens (primary N) is 4. The van der Waals surface area contributed by atoms with Crippen LogP contribution in [0.25, 0.3) is 0 Å². The van der Waals surface area contributed by atoms with E-state index in [1.807, 2.05) is 103 Å². The highest BCUT2D eigenvalue weighted by Crippen LogP contribution is 2.46. The largest absolute Gasteiger partial charge is 0.457 e. The fourth-order valence-electron chi connectivity index (χ4n) is 9.05. The number of hydrogen-bond donors (Lipinski definition) is 4. The van der Waals surface area contributed by atoms with Gasteiger partial charge in [-0.3, -0.25) is 0 Å². The molecule has 4 fully saturated rings. The molecule has 4 saturated heterocycles. The molecular weight excluding hydrogens is 777 g/mol. The van der Waals surface area contributed by atoms with Gasteiger partial charge in [-0.05, 0) is 129 Å². The van der Waals surface area contributed by atoms with Gasteiger partial charge in [0, 0.05) is 42.5 Å². The van der Waals surface area contributed by atoms with Crippen LogP contribution in [0, 0.1) is 0 Å². The average molecular weight is 831 g/mol. The molecule has 6 aromatic rings. The Morgan fingerprint density at radius 1 is 0.452 bits per heavy atom. The van der Waals surface area contributed by atoms with Crippen LogP contribution < -0.4 is 32.4 Å². The molecule has 0 spiro atoms. The standard InChI is InChI=1S/C52H54N4O6/c1-51(32-7-15-37(16-8-32)61-39-19-11-35(53)12-20-39,33-9-17-38(18-10-33)62-40-21-13-36(54)14-22-40)27-49-47(25-43-30-59-43)45(23-41-28-57-41)46(24-42-29-58-42)48(26-44-31-60-44)50(49)52(55,56)34-5-3-2-4-6-34/h2-22,41-44H,23-31,53-56H2,1H3. The van der Waals surface area contributed by atoms with Gasteiger partial charge in [-0.1, -0.05) is 61.5 Å². The zero-order valence-corrected chi connectivity index (χ0v) is 35.1. The smallest absolute Gasteiger partial charge is 0.127 e. The molecule has 0 saturated carbocycles. The number of ether oxygens (including phenoxy) is 6. The molecule has 0 aliphatic carbocycles. The van der Waals surface area contributed by atoms with Crippen molar-refractivity contribution in [3.05, 3.63) is 177 Å². The molecule has 10 rings (SSSR count). The van der Waals surface area contributed by atoms with E-state index in [0.717, 1.165) is 71.8 Å². The lowest BCUT2D eigenvalue weighted by atomic mass is 9.67. The maximum absolute atomic E-state index is 7.65. The van der Waals surface area contributed by atoms with Crippen molar-refractivity contribution >= 4 is 11.4 Å². The van der Waals surface area contributed by atoms with Crippen LogP contribution in [0.15, 0.2) is 127 Å². The lowest BCUT2D eigenvalue weighted by Crippen LogP contribution is -2.49. The van der Waals surface area contributed by atoms with Gasteiger partial charge < -0.3 is 51.4 Å². The third-order valence-corrected chi connectivity index (χ3v) is 12.8. The average Bonchev–Trinajstić information content (AvgIpc) is 4.06. The molecule has 4 atom stereocenters. The van der Waals surface area contributed by atoms with Crippen LogP contribution in [0.4, 0.5) is 11.4 Å². The highest BCUT2D eigenvalue weighted by atomic mass is 16.6. The maximum Gasteiger partial charge on any atom is 0.127 e. The Morgan fingerprint density at radius 3 is 1.18 bits per heavy atom. The van der Waals surface area contributed by atoms with E-state index < -0.39 is 11.1 Å². The molecule has 318 valence electrons. The van der Waals surface area contributed by atoms with E-state index in [-0.39, 0.29) is 24.4 Å². The summed E-state index contributed by atoms with van der Waals surface area (Å²) in [5, 5.41) is 0. The first kappa shape index (κ1) is 40.4. The van der Waals surface area contributed by atoms with Gasteiger partial charge in [0.15, 0.2) is 0 Å². The number of rotatable bonds is 18. The van der Waals surface area contributed by atoms with Crippen LogP contribution in [0.2, 0.25) is 0 Å². The van der Waals surface area contributed by atoms with Crippen LogP contribution >= 0.6 is 0 Å².